The fourth-order valence-corrected chi connectivity index (χ4v) is 3.61. The summed E-state index contributed by atoms with van der Waals surface area (Å²) in [6.07, 6.45) is 1.43. The van der Waals surface area contributed by atoms with Crippen LogP contribution in [0.25, 0.3) is 10.1 Å². The van der Waals surface area contributed by atoms with Gasteiger partial charge >= 0.3 is 0 Å². The van der Waals surface area contributed by atoms with E-state index in [9.17, 15) is 14.7 Å². The maximum atomic E-state index is 12.2. The molecule has 6 nitrogen and oxygen atoms in total. The fraction of sp³-hybridized carbons (Fsp3) is 0.0556. The SMILES string of the molecule is O=C(CNC(=O)c1sc2ccccc2c1Cl)N/N=C/c1ccc(O)cc1. The van der Waals surface area contributed by atoms with Gasteiger partial charge in [0.2, 0.25) is 0 Å². The number of carbonyl (C=O) groups excluding carboxylic acids is 2. The Morgan fingerprint density at radius 2 is 1.88 bits per heavy atom. The number of phenolic OH excluding ortho intramolecular Hbond substituents is 1. The van der Waals surface area contributed by atoms with Gasteiger partial charge in [0.25, 0.3) is 11.8 Å². The number of benzene rings is 2. The highest BCUT2D eigenvalue weighted by molar-refractivity contribution is 7.21. The largest absolute Gasteiger partial charge is 0.508 e. The Kier molecular flexibility index (Phi) is 5.50. The average Bonchev–Trinajstić information content (AvgIpc) is 2.98. The first kappa shape index (κ1) is 17.9. The predicted octanol–water partition coefficient (Wildman–Crippen LogP) is 3.14. The number of fused-ring (bicyclic) bond motifs is 1. The van der Waals surface area contributed by atoms with Crippen LogP contribution in [0.5, 0.6) is 5.75 Å². The lowest BCUT2D eigenvalue weighted by Gasteiger charge is -2.03. The summed E-state index contributed by atoms with van der Waals surface area (Å²) < 4.78 is 0.908. The minimum absolute atomic E-state index is 0.147. The molecule has 0 aliphatic carbocycles. The van der Waals surface area contributed by atoms with E-state index in [0.29, 0.717) is 15.5 Å². The van der Waals surface area contributed by atoms with Crippen molar-refractivity contribution < 1.29 is 14.7 Å². The molecule has 3 aromatic rings. The first-order valence-corrected chi connectivity index (χ1v) is 8.80. The normalized spacial score (nSPS) is 11.0. The van der Waals surface area contributed by atoms with E-state index in [0.717, 1.165) is 10.1 Å². The van der Waals surface area contributed by atoms with Gasteiger partial charge in [-0.05, 0) is 35.9 Å². The van der Waals surface area contributed by atoms with Crippen molar-refractivity contribution in [3.63, 3.8) is 0 Å². The van der Waals surface area contributed by atoms with Crippen molar-refractivity contribution in [2.75, 3.05) is 6.54 Å². The van der Waals surface area contributed by atoms with E-state index in [1.165, 1.54) is 29.7 Å². The molecule has 26 heavy (non-hydrogen) atoms. The van der Waals surface area contributed by atoms with Crippen LogP contribution < -0.4 is 10.7 Å². The second-order valence-corrected chi connectivity index (χ2v) is 6.74. The van der Waals surface area contributed by atoms with Gasteiger partial charge < -0.3 is 10.4 Å². The highest BCUT2D eigenvalue weighted by atomic mass is 35.5. The first-order chi connectivity index (χ1) is 12.5. The van der Waals surface area contributed by atoms with Crippen molar-refractivity contribution in [3.05, 3.63) is 64.0 Å². The van der Waals surface area contributed by atoms with E-state index in [1.807, 2.05) is 24.3 Å². The van der Waals surface area contributed by atoms with Crippen molar-refractivity contribution in [1.82, 2.24) is 10.7 Å². The number of aromatic hydroxyl groups is 1. The summed E-state index contributed by atoms with van der Waals surface area (Å²) in [6.45, 7) is -0.226. The number of amides is 2. The third-order valence-electron chi connectivity index (χ3n) is 3.45. The second-order valence-electron chi connectivity index (χ2n) is 5.31. The van der Waals surface area contributed by atoms with Gasteiger partial charge in [0.05, 0.1) is 17.8 Å². The number of thiophene rings is 1. The Bertz CT molecular complexity index is 983. The predicted molar refractivity (Wildman–Crippen MR) is 103 cm³/mol. The Morgan fingerprint density at radius 3 is 2.62 bits per heavy atom. The van der Waals surface area contributed by atoms with Crippen LogP contribution in [0.2, 0.25) is 5.02 Å². The van der Waals surface area contributed by atoms with Gasteiger partial charge in [-0.1, -0.05) is 29.8 Å². The third-order valence-corrected chi connectivity index (χ3v) is 5.12. The minimum atomic E-state index is -0.467. The lowest BCUT2D eigenvalue weighted by molar-refractivity contribution is -0.120. The number of halogens is 1. The van der Waals surface area contributed by atoms with Crippen LogP contribution in [0.15, 0.2) is 53.6 Å². The molecule has 8 heteroatoms. The van der Waals surface area contributed by atoms with Crippen molar-refractivity contribution >= 4 is 51.1 Å². The molecule has 0 fully saturated rings. The van der Waals surface area contributed by atoms with Gasteiger partial charge in [0, 0.05) is 10.1 Å². The van der Waals surface area contributed by atoms with Gasteiger partial charge in [-0.15, -0.1) is 11.3 Å². The summed E-state index contributed by atoms with van der Waals surface area (Å²) in [6, 6.07) is 13.8. The number of nitrogens with one attached hydrogen (secondary N) is 2. The van der Waals surface area contributed by atoms with E-state index in [2.05, 4.69) is 15.8 Å². The summed E-state index contributed by atoms with van der Waals surface area (Å²) >= 11 is 7.51. The van der Waals surface area contributed by atoms with Crippen molar-refractivity contribution in [1.29, 1.82) is 0 Å². The fourth-order valence-electron chi connectivity index (χ4n) is 2.18. The standard InChI is InChI=1S/C18H14ClN3O3S/c19-16-13-3-1-2-4-14(13)26-17(16)18(25)20-10-15(24)22-21-9-11-5-7-12(23)8-6-11/h1-9,23H,10H2,(H,20,25)(H,22,24)/b21-9+. The Hall–Kier alpha value is -2.90. The van der Waals surface area contributed by atoms with Gasteiger partial charge in [-0.2, -0.15) is 5.10 Å². The molecule has 2 aromatic carbocycles. The molecule has 0 saturated heterocycles. The summed E-state index contributed by atoms with van der Waals surface area (Å²) in [5.41, 5.74) is 3.03. The third kappa shape index (κ3) is 4.19. The average molecular weight is 388 g/mol. The molecule has 0 saturated carbocycles. The lowest BCUT2D eigenvalue weighted by atomic mass is 10.2. The number of nitrogens with zero attached hydrogens (tertiary/aromatic N) is 1. The molecule has 1 aromatic heterocycles. The molecule has 0 aliphatic rings. The van der Waals surface area contributed by atoms with Crippen LogP contribution in [-0.4, -0.2) is 29.7 Å². The molecule has 3 N–H and O–H groups in total. The maximum Gasteiger partial charge on any atom is 0.263 e. The number of rotatable bonds is 5. The number of hydrazone groups is 1. The molecule has 1 heterocycles. The zero-order valence-corrected chi connectivity index (χ0v) is 15.0. The summed E-state index contributed by atoms with van der Waals surface area (Å²) in [4.78, 5) is 24.4. The molecule has 0 bridgehead atoms. The van der Waals surface area contributed by atoms with E-state index >= 15 is 0 Å². The number of hydrogen-bond acceptors (Lipinski definition) is 5. The number of carbonyl (C=O) groups is 2. The highest BCUT2D eigenvalue weighted by Gasteiger charge is 2.17. The number of phenols is 1. The van der Waals surface area contributed by atoms with Crippen LogP contribution >= 0.6 is 22.9 Å². The van der Waals surface area contributed by atoms with Crippen LogP contribution in [-0.2, 0) is 4.79 Å². The molecule has 0 radical (unpaired) electrons. The molecule has 2 amide bonds. The highest BCUT2D eigenvalue weighted by Crippen LogP contribution is 2.34. The Labute approximate surface area is 158 Å². The van der Waals surface area contributed by atoms with Crippen LogP contribution in [0.1, 0.15) is 15.2 Å². The second kappa shape index (κ2) is 7.99. The van der Waals surface area contributed by atoms with E-state index < -0.39 is 11.8 Å². The van der Waals surface area contributed by atoms with Gasteiger partial charge in [-0.25, -0.2) is 5.43 Å². The summed E-state index contributed by atoms with van der Waals surface area (Å²) in [5.74, 6) is -0.728. The maximum absolute atomic E-state index is 12.2. The zero-order chi connectivity index (χ0) is 18.5. The van der Waals surface area contributed by atoms with Crippen LogP contribution in [0.4, 0.5) is 0 Å². The van der Waals surface area contributed by atoms with Crippen LogP contribution in [0.3, 0.4) is 0 Å². The summed E-state index contributed by atoms with van der Waals surface area (Å²) in [5, 5.41) is 16.7. The first-order valence-electron chi connectivity index (χ1n) is 7.61. The van der Waals surface area contributed by atoms with E-state index in [1.54, 1.807) is 12.1 Å². The molecule has 0 atom stereocenters. The Morgan fingerprint density at radius 1 is 1.15 bits per heavy atom. The van der Waals surface area contributed by atoms with E-state index in [-0.39, 0.29) is 12.3 Å². The quantitative estimate of drug-likeness (QED) is 0.464. The topological polar surface area (TPSA) is 90.8 Å². The van der Waals surface area contributed by atoms with Crippen molar-refractivity contribution in [2.45, 2.75) is 0 Å². The molecular weight excluding hydrogens is 374 g/mol. The van der Waals surface area contributed by atoms with Gasteiger partial charge in [0.15, 0.2) is 0 Å². The number of hydrogen-bond donors (Lipinski definition) is 3. The van der Waals surface area contributed by atoms with Crippen LogP contribution in [0, 0.1) is 0 Å². The molecule has 0 spiro atoms. The molecular formula is C18H14ClN3O3S. The van der Waals surface area contributed by atoms with Crippen molar-refractivity contribution in [2.24, 2.45) is 5.10 Å². The lowest BCUT2D eigenvalue weighted by Crippen LogP contribution is -2.34. The smallest absolute Gasteiger partial charge is 0.263 e. The summed E-state index contributed by atoms with van der Waals surface area (Å²) in [7, 11) is 0. The zero-order valence-electron chi connectivity index (χ0n) is 13.4. The monoisotopic (exact) mass is 387 g/mol. The molecule has 132 valence electrons. The molecule has 0 unspecified atom stereocenters. The molecule has 3 rings (SSSR count). The molecule has 0 aliphatic heterocycles. The minimum Gasteiger partial charge on any atom is -0.508 e. The Balaban J connectivity index is 1.54. The van der Waals surface area contributed by atoms with Gasteiger partial charge in [0.1, 0.15) is 10.6 Å². The van der Waals surface area contributed by atoms with Gasteiger partial charge in [-0.3, -0.25) is 9.59 Å². The van der Waals surface area contributed by atoms with E-state index in [4.69, 9.17) is 11.6 Å². The van der Waals surface area contributed by atoms with Crippen molar-refractivity contribution in [3.8, 4) is 5.75 Å².